The van der Waals surface area contributed by atoms with E-state index in [2.05, 4.69) is 22.9 Å². The number of carbonyl (C=O) groups is 1. The maximum absolute atomic E-state index is 11.2. The van der Waals surface area contributed by atoms with Crippen LogP contribution in [0.15, 0.2) is 42.7 Å². The molecule has 2 heterocycles. The molecular formula is C18H22N2O3S. The van der Waals surface area contributed by atoms with Crippen LogP contribution in [0.5, 0.6) is 11.5 Å². The van der Waals surface area contributed by atoms with Gasteiger partial charge in [-0.05, 0) is 60.9 Å². The average Bonchev–Trinajstić information content (AvgIpc) is 2.60. The highest BCUT2D eigenvalue weighted by Gasteiger charge is 2.14. The number of aryl methyl sites for hydroxylation is 1. The van der Waals surface area contributed by atoms with Crippen LogP contribution in [0, 0.1) is 0 Å². The van der Waals surface area contributed by atoms with Gasteiger partial charge < -0.3 is 15.2 Å². The second-order valence-electron chi connectivity index (χ2n) is 5.36. The largest absolute Gasteiger partial charge is 0.506 e. The number of thiol groups is 1. The van der Waals surface area contributed by atoms with Crippen LogP contribution < -0.4 is 10.1 Å². The topological polar surface area (TPSA) is 71.5 Å². The van der Waals surface area contributed by atoms with Gasteiger partial charge in [0.2, 0.25) is 5.91 Å². The Hall–Kier alpha value is -2.21. The lowest BCUT2D eigenvalue weighted by Crippen LogP contribution is -2.18. The molecule has 1 aliphatic heterocycles. The maximum Gasteiger partial charge on any atom is 0.224 e. The van der Waals surface area contributed by atoms with Crippen LogP contribution in [-0.2, 0) is 11.2 Å². The number of nitrogens with one attached hydrogen (secondary N) is 1. The van der Waals surface area contributed by atoms with Crippen molar-refractivity contribution in [2.45, 2.75) is 25.7 Å². The third-order valence-corrected chi connectivity index (χ3v) is 3.76. The molecule has 24 heavy (non-hydrogen) atoms. The summed E-state index contributed by atoms with van der Waals surface area (Å²) in [4.78, 5) is 14.8. The molecule has 1 aliphatic rings. The molecule has 1 aromatic heterocycles. The fourth-order valence-electron chi connectivity index (χ4n) is 2.21. The SMILES string of the molecule is O=C1CCc2cc(OCCCCS)ccc2N1.Oc1cccnc1. The van der Waals surface area contributed by atoms with E-state index >= 15 is 0 Å². The zero-order valence-corrected chi connectivity index (χ0v) is 14.3. The minimum absolute atomic E-state index is 0.0972. The number of aromatic hydroxyl groups is 1. The van der Waals surface area contributed by atoms with E-state index in [1.54, 1.807) is 18.3 Å². The molecule has 0 saturated carbocycles. The molecule has 0 aliphatic carbocycles. The fourth-order valence-corrected chi connectivity index (χ4v) is 2.43. The molecule has 0 spiro atoms. The van der Waals surface area contributed by atoms with Gasteiger partial charge in [-0.3, -0.25) is 9.78 Å². The number of anilines is 1. The standard InChI is InChI=1S/C13H17NO2S.C5H5NO/c15-13-6-3-10-9-11(4-5-12(10)14-13)16-7-1-2-8-17;7-5-2-1-3-6-4-5/h4-5,9,17H,1-3,6-8H2,(H,14,15);1-4,7H. The van der Waals surface area contributed by atoms with Gasteiger partial charge in [-0.25, -0.2) is 0 Å². The number of benzene rings is 1. The van der Waals surface area contributed by atoms with Crippen LogP contribution in [0.1, 0.15) is 24.8 Å². The van der Waals surface area contributed by atoms with E-state index in [1.807, 2.05) is 18.2 Å². The maximum atomic E-state index is 11.2. The Morgan fingerprint density at radius 3 is 2.79 bits per heavy atom. The molecule has 0 radical (unpaired) electrons. The molecular weight excluding hydrogens is 324 g/mol. The second-order valence-corrected chi connectivity index (χ2v) is 5.80. The number of hydrogen-bond acceptors (Lipinski definition) is 5. The molecule has 5 nitrogen and oxygen atoms in total. The van der Waals surface area contributed by atoms with E-state index < -0.39 is 0 Å². The molecule has 1 amide bonds. The van der Waals surface area contributed by atoms with Crippen LogP contribution in [-0.4, -0.2) is 28.4 Å². The predicted molar refractivity (Wildman–Crippen MR) is 97.9 cm³/mol. The molecule has 6 heteroatoms. The van der Waals surface area contributed by atoms with Gasteiger partial charge in [0.15, 0.2) is 0 Å². The van der Waals surface area contributed by atoms with Crippen molar-refractivity contribution in [1.82, 2.24) is 4.98 Å². The normalized spacial score (nSPS) is 12.5. The number of pyridine rings is 1. The number of hydrogen-bond donors (Lipinski definition) is 3. The van der Waals surface area contributed by atoms with Crippen molar-refractivity contribution >= 4 is 24.2 Å². The van der Waals surface area contributed by atoms with E-state index in [1.165, 1.54) is 6.20 Å². The van der Waals surface area contributed by atoms with Gasteiger partial charge in [-0.2, -0.15) is 12.6 Å². The van der Waals surface area contributed by atoms with Crippen LogP contribution in [0.25, 0.3) is 0 Å². The van der Waals surface area contributed by atoms with Gasteiger partial charge in [-0.15, -0.1) is 0 Å². The Morgan fingerprint density at radius 2 is 2.12 bits per heavy atom. The molecule has 128 valence electrons. The third-order valence-electron chi connectivity index (χ3n) is 3.44. The first-order valence-corrected chi connectivity index (χ1v) is 8.57. The monoisotopic (exact) mass is 346 g/mol. The number of amides is 1. The van der Waals surface area contributed by atoms with E-state index in [0.717, 1.165) is 48.6 Å². The van der Waals surface area contributed by atoms with Crippen molar-refractivity contribution in [3.63, 3.8) is 0 Å². The van der Waals surface area contributed by atoms with Crippen molar-refractivity contribution in [3.8, 4) is 11.5 Å². The number of nitrogens with zero attached hydrogens (tertiary/aromatic N) is 1. The van der Waals surface area contributed by atoms with Gasteiger partial charge in [0.05, 0.1) is 12.8 Å². The summed E-state index contributed by atoms with van der Waals surface area (Å²) < 4.78 is 5.65. The van der Waals surface area contributed by atoms with E-state index in [-0.39, 0.29) is 11.7 Å². The van der Waals surface area contributed by atoms with Crippen LogP contribution in [0.2, 0.25) is 0 Å². The molecule has 0 fully saturated rings. The number of unbranched alkanes of at least 4 members (excludes halogenated alkanes) is 1. The summed E-state index contributed by atoms with van der Waals surface area (Å²) in [5.74, 6) is 2.10. The third kappa shape index (κ3) is 6.12. The van der Waals surface area contributed by atoms with E-state index in [0.29, 0.717) is 6.42 Å². The molecule has 0 bridgehead atoms. The number of aromatic nitrogens is 1. The number of ether oxygens (including phenoxy) is 1. The molecule has 0 unspecified atom stereocenters. The summed E-state index contributed by atoms with van der Waals surface area (Å²) in [7, 11) is 0. The summed E-state index contributed by atoms with van der Waals surface area (Å²) in [5.41, 5.74) is 2.08. The first-order valence-electron chi connectivity index (χ1n) is 7.94. The van der Waals surface area contributed by atoms with E-state index in [9.17, 15) is 4.79 Å². The lowest BCUT2D eigenvalue weighted by atomic mass is 10.0. The molecule has 2 N–H and O–H groups in total. The zero-order chi connectivity index (χ0) is 17.2. The van der Waals surface area contributed by atoms with Gasteiger partial charge >= 0.3 is 0 Å². The van der Waals surface area contributed by atoms with Crippen LogP contribution in [0.3, 0.4) is 0 Å². The van der Waals surface area contributed by atoms with Gasteiger partial charge in [0, 0.05) is 18.3 Å². The average molecular weight is 346 g/mol. The number of fused-ring (bicyclic) bond motifs is 1. The lowest BCUT2D eigenvalue weighted by molar-refractivity contribution is -0.116. The summed E-state index contributed by atoms with van der Waals surface area (Å²) in [6.45, 7) is 0.728. The van der Waals surface area contributed by atoms with Crippen LogP contribution in [0.4, 0.5) is 5.69 Å². The minimum Gasteiger partial charge on any atom is -0.506 e. The van der Waals surface area contributed by atoms with Gasteiger partial charge in [-0.1, -0.05) is 0 Å². The van der Waals surface area contributed by atoms with E-state index in [4.69, 9.17) is 9.84 Å². The Labute approximate surface area is 147 Å². The number of rotatable bonds is 5. The smallest absolute Gasteiger partial charge is 0.224 e. The van der Waals surface area contributed by atoms with Crippen LogP contribution >= 0.6 is 12.6 Å². The highest BCUT2D eigenvalue weighted by molar-refractivity contribution is 7.80. The minimum atomic E-state index is 0.0972. The highest BCUT2D eigenvalue weighted by Crippen LogP contribution is 2.26. The second kappa shape index (κ2) is 9.82. The summed E-state index contributed by atoms with van der Waals surface area (Å²) in [5, 5.41) is 11.4. The zero-order valence-electron chi connectivity index (χ0n) is 13.4. The summed E-state index contributed by atoms with van der Waals surface area (Å²) in [6, 6.07) is 9.10. The van der Waals surface area contributed by atoms with Crippen molar-refractivity contribution in [2.75, 3.05) is 17.7 Å². The van der Waals surface area contributed by atoms with Crippen molar-refractivity contribution in [1.29, 1.82) is 0 Å². The first-order chi connectivity index (χ1) is 11.7. The highest BCUT2D eigenvalue weighted by atomic mass is 32.1. The lowest BCUT2D eigenvalue weighted by Gasteiger charge is -2.17. The molecule has 3 rings (SSSR count). The Bertz CT molecular complexity index is 650. The summed E-state index contributed by atoms with van der Waals surface area (Å²) in [6.07, 6.45) is 6.46. The van der Waals surface area contributed by atoms with Crippen molar-refractivity contribution < 1.29 is 14.6 Å². The molecule has 0 atom stereocenters. The predicted octanol–water partition coefficient (Wildman–Crippen LogP) is 3.45. The molecule has 1 aromatic carbocycles. The summed E-state index contributed by atoms with van der Waals surface area (Å²) >= 11 is 4.16. The Kier molecular flexibility index (Phi) is 7.42. The Morgan fingerprint density at radius 1 is 1.25 bits per heavy atom. The number of carbonyl (C=O) groups excluding carboxylic acids is 1. The van der Waals surface area contributed by atoms with Gasteiger partial charge in [0.25, 0.3) is 0 Å². The first kappa shape index (κ1) is 18.1. The Balaban J connectivity index is 0.000000249. The van der Waals surface area contributed by atoms with Gasteiger partial charge in [0.1, 0.15) is 11.5 Å². The molecule has 2 aromatic rings. The van der Waals surface area contributed by atoms with Crippen molar-refractivity contribution in [3.05, 3.63) is 48.3 Å². The quantitative estimate of drug-likeness (QED) is 0.573. The molecule has 0 saturated heterocycles. The van der Waals surface area contributed by atoms with Crippen molar-refractivity contribution in [2.24, 2.45) is 0 Å². The fraction of sp³-hybridized carbons (Fsp3) is 0.333.